The van der Waals surface area contributed by atoms with E-state index in [-0.39, 0.29) is 11.9 Å². The molecule has 0 aromatic rings. The van der Waals surface area contributed by atoms with Crippen LogP contribution in [0.25, 0.3) is 0 Å². The molecule has 1 amide bonds. The first-order chi connectivity index (χ1) is 10.3. The van der Waals surface area contributed by atoms with Crippen molar-refractivity contribution in [1.82, 2.24) is 10.2 Å². The fourth-order valence-electron chi connectivity index (χ4n) is 2.64. The maximum absolute atomic E-state index is 12.3. The Hall–Kier alpha value is -1.36. The van der Waals surface area contributed by atoms with E-state index < -0.39 is 0 Å². The van der Waals surface area contributed by atoms with Crippen molar-refractivity contribution in [1.29, 1.82) is 0 Å². The van der Waals surface area contributed by atoms with E-state index in [4.69, 9.17) is 4.74 Å². The molecule has 22 heavy (non-hydrogen) atoms. The number of rotatable bonds is 8. The van der Waals surface area contributed by atoms with Crippen LogP contribution >= 0.6 is 0 Å². The standard InChI is InChI=1S/C17H30N2O3/c1-6-22-17(21)14-8-7-9-15(14)18-16(20)11-19(13(4)5)10-12(2)3/h12-13H,6-11H2,1-5H3,(H,18,20). The highest BCUT2D eigenvalue weighted by molar-refractivity contribution is 5.91. The zero-order chi connectivity index (χ0) is 16.7. The van der Waals surface area contributed by atoms with Crippen molar-refractivity contribution in [2.45, 2.75) is 59.9 Å². The zero-order valence-electron chi connectivity index (χ0n) is 14.6. The van der Waals surface area contributed by atoms with E-state index in [1.807, 2.05) is 0 Å². The Morgan fingerprint density at radius 3 is 2.45 bits per heavy atom. The van der Waals surface area contributed by atoms with Crippen LogP contribution in [0.4, 0.5) is 0 Å². The quantitative estimate of drug-likeness (QED) is 0.700. The van der Waals surface area contributed by atoms with Crippen LogP contribution in [0.5, 0.6) is 0 Å². The number of hydrogen-bond acceptors (Lipinski definition) is 4. The van der Waals surface area contributed by atoms with Gasteiger partial charge in [-0.05, 0) is 46.0 Å². The fraction of sp³-hybridized carbons (Fsp3) is 0.765. The Morgan fingerprint density at radius 2 is 1.91 bits per heavy atom. The normalized spacial score (nSPS) is 15.1. The lowest BCUT2D eigenvalue weighted by Gasteiger charge is -2.27. The van der Waals surface area contributed by atoms with Gasteiger partial charge in [0.25, 0.3) is 0 Å². The van der Waals surface area contributed by atoms with Crippen LogP contribution in [0.15, 0.2) is 11.3 Å². The summed E-state index contributed by atoms with van der Waals surface area (Å²) in [5.41, 5.74) is 1.38. The molecular weight excluding hydrogens is 280 g/mol. The van der Waals surface area contributed by atoms with E-state index >= 15 is 0 Å². The van der Waals surface area contributed by atoms with Gasteiger partial charge in [0.2, 0.25) is 5.91 Å². The van der Waals surface area contributed by atoms with Crippen molar-refractivity contribution in [3.05, 3.63) is 11.3 Å². The summed E-state index contributed by atoms with van der Waals surface area (Å²) in [7, 11) is 0. The predicted molar refractivity (Wildman–Crippen MR) is 87.2 cm³/mol. The summed E-state index contributed by atoms with van der Waals surface area (Å²) in [4.78, 5) is 26.3. The number of hydrogen-bond donors (Lipinski definition) is 1. The molecule has 0 heterocycles. The van der Waals surface area contributed by atoms with Gasteiger partial charge in [-0.2, -0.15) is 0 Å². The first-order valence-electron chi connectivity index (χ1n) is 8.28. The fourth-order valence-corrected chi connectivity index (χ4v) is 2.64. The molecule has 0 fully saturated rings. The maximum atomic E-state index is 12.3. The van der Waals surface area contributed by atoms with Gasteiger partial charge in [-0.1, -0.05) is 13.8 Å². The molecule has 0 spiro atoms. The molecule has 0 saturated heterocycles. The number of nitrogens with one attached hydrogen (secondary N) is 1. The van der Waals surface area contributed by atoms with Crippen LogP contribution in [0.2, 0.25) is 0 Å². The second kappa shape index (κ2) is 8.93. The summed E-state index contributed by atoms with van der Waals surface area (Å²) >= 11 is 0. The van der Waals surface area contributed by atoms with Gasteiger partial charge in [0.05, 0.1) is 18.7 Å². The van der Waals surface area contributed by atoms with Crippen molar-refractivity contribution in [3.63, 3.8) is 0 Å². The second-order valence-electron chi connectivity index (χ2n) is 6.50. The third kappa shape index (κ3) is 5.79. The van der Waals surface area contributed by atoms with Crippen molar-refractivity contribution < 1.29 is 14.3 Å². The number of amides is 1. The molecule has 5 heteroatoms. The van der Waals surface area contributed by atoms with Crippen LogP contribution in [-0.4, -0.2) is 42.5 Å². The van der Waals surface area contributed by atoms with Crippen LogP contribution in [-0.2, 0) is 14.3 Å². The molecule has 0 unspecified atom stereocenters. The molecule has 0 atom stereocenters. The largest absolute Gasteiger partial charge is 0.463 e. The van der Waals surface area contributed by atoms with Gasteiger partial charge in [-0.15, -0.1) is 0 Å². The zero-order valence-corrected chi connectivity index (χ0v) is 14.6. The monoisotopic (exact) mass is 310 g/mol. The molecule has 0 aliphatic heterocycles. The third-order valence-corrected chi connectivity index (χ3v) is 3.71. The summed E-state index contributed by atoms with van der Waals surface area (Å²) in [6, 6.07) is 0.315. The maximum Gasteiger partial charge on any atom is 0.335 e. The molecule has 0 saturated carbocycles. The molecule has 1 rings (SSSR count). The minimum Gasteiger partial charge on any atom is -0.463 e. The highest BCUT2D eigenvalue weighted by atomic mass is 16.5. The first-order valence-corrected chi connectivity index (χ1v) is 8.28. The molecule has 0 aromatic heterocycles. The van der Waals surface area contributed by atoms with Gasteiger partial charge >= 0.3 is 5.97 Å². The number of ether oxygens (including phenoxy) is 1. The Balaban J connectivity index is 2.66. The van der Waals surface area contributed by atoms with E-state index in [0.29, 0.717) is 37.1 Å². The molecule has 1 aliphatic rings. The van der Waals surface area contributed by atoms with E-state index in [1.165, 1.54) is 0 Å². The lowest BCUT2D eigenvalue weighted by atomic mass is 10.1. The molecule has 1 N–H and O–H groups in total. The van der Waals surface area contributed by atoms with Crippen LogP contribution in [0.3, 0.4) is 0 Å². The second-order valence-corrected chi connectivity index (χ2v) is 6.50. The average molecular weight is 310 g/mol. The highest BCUT2D eigenvalue weighted by Gasteiger charge is 2.24. The van der Waals surface area contributed by atoms with E-state index in [1.54, 1.807) is 6.92 Å². The highest BCUT2D eigenvalue weighted by Crippen LogP contribution is 2.25. The smallest absolute Gasteiger partial charge is 0.335 e. The van der Waals surface area contributed by atoms with Gasteiger partial charge in [-0.25, -0.2) is 4.79 Å². The van der Waals surface area contributed by atoms with Crippen LogP contribution < -0.4 is 5.32 Å². The summed E-state index contributed by atoms with van der Waals surface area (Å²) < 4.78 is 5.05. The van der Waals surface area contributed by atoms with Gasteiger partial charge in [0, 0.05) is 18.3 Å². The first kappa shape index (κ1) is 18.7. The van der Waals surface area contributed by atoms with Crippen molar-refractivity contribution in [2.75, 3.05) is 19.7 Å². The number of esters is 1. The Labute approximate surface area is 134 Å². The van der Waals surface area contributed by atoms with E-state index in [9.17, 15) is 9.59 Å². The van der Waals surface area contributed by atoms with Crippen molar-refractivity contribution >= 4 is 11.9 Å². The minimum atomic E-state index is -0.293. The lowest BCUT2D eigenvalue weighted by molar-refractivity contribution is -0.138. The molecule has 0 aromatic carbocycles. The van der Waals surface area contributed by atoms with Gasteiger partial charge < -0.3 is 10.1 Å². The van der Waals surface area contributed by atoms with Crippen LogP contribution in [0.1, 0.15) is 53.9 Å². The molecule has 5 nitrogen and oxygen atoms in total. The van der Waals surface area contributed by atoms with E-state index in [2.05, 4.69) is 37.9 Å². The SMILES string of the molecule is CCOC(=O)C1=C(NC(=O)CN(CC(C)C)C(C)C)CCC1. The predicted octanol–water partition coefficient (Wildman–Crippen LogP) is 2.47. The van der Waals surface area contributed by atoms with Gasteiger partial charge in [0.15, 0.2) is 0 Å². The van der Waals surface area contributed by atoms with Crippen LogP contribution in [0, 0.1) is 5.92 Å². The molecule has 126 valence electrons. The lowest BCUT2D eigenvalue weighted by Crippen LogP contribution is -2.42. The minimum absolute atomic E-state index is 0.0481. The molecular formula is C17H30N2O3. The Bertz CT molecular complexity index is 428. The number of carbonyl (C=O) groups is 2. The summed E-state index contributed by atoms with van der Waals surface area (Å²) in [5, 5.41) is 2.93. The van der Waals surface area contributed by atoms with Gasteiger partial charge in [0.1, 0.15) is 0 Å². The third-order valence-electron chi connectivity index (χ3n) is 3.71. The number of carbonyl (C=O) groups excluding carboxylic acids is 2. The summed E-state index contributed by atoms with van der Waals surface area (Å²) in [6.45, 7) is 11.9. The number of allylic oxidation sites excluding steroid dienone is 1. The topological polar surface area (TPSA) is 58.6 Å². The van der Waals surface area contributed by atoms with Crippen molar-refractivity contribution in [2.24, 2.45) is 5.92 Å². The van der Waals surface area contributed by atoms with Gasteiger partial charge in [-0.3, -0.25) is 9.69 Å². The Morgan fingerprint density at radius 1 is 1.23 bits per heavy atom. The van der Waals surface area contributed by atoms with Crippen molar-refractivity contribution in [3.8, 4) is 0 Å². The van der Waals surface area contributed by atoms with E-state index in [0.717, 1.165) is 25.1 Å². The number of nitrogens with zero attached hydrogens (tertiary/aromatic N) is 1. The average Bonchev–Trinajstić information content (AvgIpc) is 2.85. The Kier molecular flexibility index (Phi) is 7.59. The molecule has 1 aliphatic carbocycles. The summed E-state index contributed by atoms with van der Waals surface area (Å²) in [5.74, 6) is 0.169. The summed E-state index contributed by atoms with van der Waals surface area (Å²) in [6.07, 6.45) is 2.32. The molecule has 0 bridgehead atoms. The molecule has 0 radical (unpaired) electrons.